The van der Waals surface area contributed by atoms with E-state index in [-0.39, 0.29) is 0 Å². The zero-order chi connectivity index (χ0) is 36.7. The van der Waals surface area contributed by atoms with E-state index >= 15 is 0 Å². The number of anilines is 3. The fourth-order valence-electron chi connectivity index (χ4n) is 8.69. The van der Waals surface area contributed by atoms with Crippen LogP contribution in [-0.2, 0) is 0 Å². The van der Waals surface area contributed by atoms with E-state index in [4.69, 9.17) is 8.83 Å². The molecular formula is C52H31NO2S. The van der Waals surface area contributed by atoms with E-state index in [9.17, 15) is 0 Å². The first kappa shape index (κ1) is 31.2. The highest BCUT2D eigenvalue weighted by molar-refractivity contribution is 7.26. The van der Waals surface area contributed by atoms with Gasteiger partial charge in [0, 0.05) is 69.6 Å². The molecule has 56 heavy (non-hydrogen) atoms. The Morgan fingerprint density at radius 1 is 0.375 bits per heavy atom. The molecule has 0 radical (unpaired) electrons. The molecule has 0 fully saturated rings. The largest absolute Gasteiger partial charge is 0.455 e. The summed E-state index contributed by atoms with van der Waals surface area (Å²) in [4.78, 5) is 2.45. The van der Waals surface area contributed by atoms with Crippen molar-refractivity contribution < 1.29 is 8.83 Å². The van der Waals surface area contributed by atoms with Gasteiger partial charge in [0.2, 0.25) is 0 Å². The molecule has 0 unspecified atom stereocenters. The smallest absolute Gasteiger partial charge is 0.143 e. The normalized spacial score (nSPS) is 11.9. The van der Waals surface area contributed by atoms with Gasteiger partial charge in [-0.05, 0) is 65.0 Å². The third-order valence-electron chi connectivity index (χ3n) is 11.3. The highest BCUT2D eigenvalue weighted by atomic mass is 32.1. The Morgan fingerprint density at radius 3 is 1.45 bits per heavy atom. The molecule has 0 saturated carbocycles. The number of rotatable bonds is 5. The molecule has 0 aliphatic heterocycles. The molecule has 3 nitrogen and oxygen atoms in total. The SMILES string of the molecule is c1ccc2c(N(c3ccc(-c4cccc5c4oc4ccccc45)cc3)c3ccc(-c4cccc5c4oc4ccccc45)cc3)c3c(cc2c1)sc1ccccc13. The maximum atomic E-state index is 6.46. The van der Waals surface area contributed by atoms with Gasteiger partial charge < -0.3 is 13.7 Å². The third-order valence-corrected chi connectivity index (χ3v) is 12.4. The summed E-state index contributed by atoms with van der Waals surface area (Å²) in [7, 11) is 0. The van der Waals surface area contributed by atoms with Crippen LogP contribution in [0.3, 0.4) is 0 Å². The van der Waals surface area contributed by atoms with Crippen molar-refractivity contribution in [3.05, 3.63) is 188 Å². The van der Waals surface area contributed by atoms with Gasteiger partial charge in [0.25, 0.3) is 0 Å². The molecule has 0 amide bonds. The van der Waals surface area contributed by atoms with Gasteiger partial charge in [-0.2, -0.15) is 0 Å². The molecule has 0 saturated heterocycles. The summed E-state index contributed by atoms with van der Waals surface area (Å²) in [5.74, 6) is 0. The van der Waals surface area contributed by atoms with Crippen molar-refractivity contribution in [1.29, 1.82) is 0 Å². The number of hydrogen-bond donors (Lipinski definition) is 0. The van der Waals surface area contributed by atoms with Crippen LogP contribution < -0.4 is 4.90 Å². The van der Waals surface area contributed by atoms with Crippen LogP contribution in [0.15, 0.2) is 197 Å². The first-order chi connectivity index (χ1) is 27.8. The van der Waals surface area contributed by atoms with E-state index in [1.807, 2.05) is 35.6 Å². The van der Waals surface area contributed by atoms with Gasteiger partial charge in [0.1, 0.15) is 22.3 Å². The van der Waals surface area contributed by atoms with E-state index in [1.165, 1.54) is 36.6 Å². The summed E-state index contributed by atoms with van der Waals surface area (Å²) in [6.07, 6.45) is 0. The van der Waals surface area contributed by atoms with E-state index in [0.717, 1.165) is 77.5 Å². The minimum atomic E-state index is 0.903. The molecule has 12 rings (SSSR count). The summed E-state index contributed by atoms with van der Waals surface area (Å²) in [5.41, 5.74) is 11.3. The second kappa shape index (κ2) is 12.2. The van der Waals surface area contributed by atoms with E-state index in [0.29, 0.717) is 0 Å². The maximum Gasteiger partial charge on any atom is 0.143 e. The molecule has 0 atom stereocenters. The van der Waals surface area contributed by atoms with E-state index < -0.39 is 0 Å². The lowest BCUT2D eigenvalue weighted by molar-refractivity contribution is 0.669. The Kier molecular flexibility index (Phi) is 6.80. The maximum absolute atomic E-state index is 6.46. The van der Waals surface area contributed by atoms with Gasteiger partial charge in [0.05, 0.1) is 5.69 Å². The molecule has 0 aliphatic rings. The van der Waals surface area contributed by atoms with Crippen LogP contribution in [-0.4, -0.2) is 0 Å². The average Bonchev–Trinajstić information content (AvgIpc) is 3.95. The second-order valence-electron chi connectivity index (χ2n) is 14.4. The van der Waals surface area contributed by atoms with Gasteiger partial charge in [-0.3, -0.25) is 0 Å². The van der Waals surface area contributed by atoms with Gasteiger partial charge in [-0.15, -0.1) is 11.3 Å². The van der Waals surface area contributed by atoms with Crippen LogP contribution in [0.25, 0.3) is 97.1 Å². The summed E-state index contributed by atoms with van der Waals surface area (Å²) < 4.78 is 15.5. The third kappa shape index (κ3) is 4.70. The number of furan rings is 2. The first-order valence-electron chi connectivity index (χ1n) is 18.9. The molecule has 12 aromatic rings. The van der Waals surface area contributed by atoms with Gasteiger partial charge in [-0.25, -0.2) is 0 Å². The molecule has 0 aliphatic carbocycles. The van der Waals surface area contributed by atoms with Crippen molar-refractivity contribution in [3.63, 3.8) is 0 Å². The van der Waals surface area contributed by atoms with Crippen molar-refractivity contribution in [3.8, 4) is 22.3 Å². The second-order valence-corrected chi connectivity index (χ2v) is 15.5. The van der Waals surface area contributed by atoms with Crippen molar-refractivity contribution in [2.45, 2.75) is 0 Å². The molecule has 3 heterocycles. The van der Waals surface area contributed by atoms with Gasteiger partial charge in [-0.1, -0.05) is 140 Å². The lowest BCUT2D eigenvalue weighted by Crippen LogP contribution is -2.11. The standard InChI is InChI=1S/C52H31NO2S/c1-2-12-37-34(11-1)31-48-49(44-15-5-8-22-47(44)56-48)50(37)53(35-27-23-32(24-28-35)38-16-9-18-42-40-13-3-6-20-45(40)54-51(38)42)36-29-25-33(26-30-36)39-17-10-19-43-41-14-4-7-21-46(41)55-52(39)43/h1-31H. The summed E-state index contributed by atoms with van der Waals surface area (Å²) in [6, 6.07) is 67.3. The first-order valence-corrected chi connectivity index (χ1v) is 19.7. The molecular weight excluding hydrogens is 703 g/mol. The van der Waals surface area contributed by atoms with Crippen molar-refractivity contribution in [2.75, 3.05) is 4.90 Å². The van der Waals surface area contributed by atoms with Crippen LogP contribution in [0.5, 0.6) is 0 Å². The Labute approximate surface area is 325 Å². The van der Waals surface area contributed by atoms with Crippen molar-refractivity contribution in [2.24, 2.45) is 0 Å². The molecule has 9 aromatic carbocycles. The number of thiophene rings is 1. The van der Waals surface area contributed by atoms with E-state index in [1.54, 1.807) is 0 Å². The lowest BCUT2D eigenvalue weighted by Gasteiger charge is -2.28. The molecule has 0 bridgehead atoms. The fraction of sp³-hybridized carbons (Fsp3) is 0. The van der Waals surface area contributed by atoms with Crippen LogP contribution in [0.1, 0.15) is 0 Å². The number of fused-ring (bicyclic) bond motifs is 10. The van der Waals surface area contributed by atoms with Crippen LogP contribution in [0.2, 0.25) is 0 Å². The highest BCUT2D eigenvalue weighted by Crippen LogP contribution is 2.49. The molecule has 4 heteroatoms. The van der Waals surface area contributed by atoms with Crippen molar-refractivity contribution >= 4 is 103 Å². The van der Waals surface area contributed by atoms with Crippen LogP contribution in [0.4, 0.5) is 17.1 Å². The zero-order valence-electron chi connectivity index (χ0n) is 30.1. The predicted molar refractivity (Wildman–Crippen MR) is 237 cm³/mol. The topological polar surface area (TPSA) is 29.5 Å². The van der Waals surface area contributed by atoms with Crippen LogP contribution >= 0.6 is 11.3 Å². The molecule has 0 N–H and O–H groups in total. The predicted octanol–water partition coefficient (Wildman–Crippen LogP) is 15.8. The van der Waals surface area contributed by atoms with Crippen molar-refractivity contribution in [1.82, 2.24) is 0 Å². The Hall–Kier alpha value is -7.14. The van der Waals surface area contributed by atoms with E-state index in [2.05, 4.69) is 169 Å². The quantitative estimate of drug-likeness (QED) is 0.176. The molecule has 3 aromatic heterocycles. The summed E-state index contributed by atoms with van der Waals surface area (Å²) in [5, 5.41) is 9.47. The molecule has 262 valence electrons. The summed E-state index contributed by atoms with van der Waals surface area (Å²) in [6.45, 7) is 0. The molecule has 0 spiro atoms. The Balaban J connectivity index is 1.07. The highest BCUT2D eigenvalue weighted by Gasteiger charge is 2.23. The number of hydrogen-bond acceptors (Lipinski definition) is 4. The minimum Gasteiger partial charge on any atom is -0.455 e. The number of benzene rings is 9. The number of para-hydroxylation sites is 4. The fourth-order valence-corrected chi connectivity index (χ4v) is 9.85. The summed E-state index contributed by atoms with van der Waals surface area (Å²) >= 11 is 1.86. The van der Waals surface area contributed by atoms with Gasteiger partial charge >= 0.3 is 0 Å². The average molecular weight is 734 g/mol. The monoisotopic (exact) mass is 733 g/mol. The lowest BCUT2D eigenvalue weighted by atomic mass is 9.99. The van der Waals surface area contributed by atoms with Gasteiger partial charge in [0.15, 0.2) is 0 Å². The van der Waals surface area contributed by atoms with Crippen LogP contribution in [0, 0.1) is 0 Å². The Morgan fingerprint density at radius 2 is 0.857 bits per heavy atom. The number of nitrogens with zero attached hydrogens (tertiary/aromatic N) is 1. The zero-order valence-corrected chi connectivity index (χ0v) is 30.9. The Bertz CT molecular complexity index is 3320. The minimum absolute atomic E-state index is 0.903.